The van der Waals surface area contributed by atoms with Crippen LogP contribution in [0, 0.1) is 51.4 Å². The lowest BCUT2D eigenvalue weighted by molar-refractivity contribution is -0.122. The topological polar surface area (TPSA) is 43.9 Å². The van der Waals surface area contributed by atoms with Crippen molar-refractivity contribution >= 4 is 17.5 Å². The molecule has 204 valence electrons. The van der Waals surface area contributed by atoms with Crippen molar-refractivity contribution in [2.75, 3.05) is 44.2 Å². The minimum atomic E-state index is 0.176. The first-order valence-electron chi connectivity index (χ1n) is 14.7. The molecule has 2 aliphatic heterocycles. The fourth-order valence-corrected chi connectivity index (χ4v) is 7.13. The van der Waals surface area contributed by atoms with Crippen molar-refractivity contribution in [2.45, 2.75) is 60.3 Å². The molecule has 0 radical (unpaired) electrons. The Kier molecular flexibility index (Phi) is 7.95. The third-order valence-corrected chi connectivity index (χ3v) is 9.38. The number of fused-ring (bicyclic) bond motifs is 1. The van der Waals surface area contributed by atoms with Crippen LogP contribution in [-0.4, -0.2) is 60.9 Å². The molecule has 0 aromatic heterocycles. The molecule has 0 spiro atoms. The van der Waals surface area contributed by atoms with Gasteiger partial charge >= 0.3 is 0 Å². The Hall–Kier alpha value is -2.66. The molecule has 38 heavy (non-hydrogen) atoms. The predicted octanol–water partition coefficient (Wildman–Crippen LogP) is 5.78. The molecular weight excluding hydrogens is 470 g/mol. The summed E-state index contributed by atoms with van der Waals surface area (Å²) in [6.07, 6.45) is 4.40. The highest BCUT2D eigenvalue weighted by Crippen LogP contribution is 2.34. The summed E-state index contributed by atoms with van der Waals surface area (Å²) in [6.45, 7) is 16.2. The van der Waals surface area contributed by atoms with Crippen molar-refractivity contribution in [3.05, 3.63) is 64.2 Å². The minimum absolute atomic E-state index is 0.176. The average molecular weight is 516 g/mol. The van der Waals surface area contributed by atoms with Crippen LogP contribution in [0.2, 0.25) is 0 Å². The fourth-order valence-electron chi connectivity index (χ4n) is 7.13. The van der Waals surface area contributed by atoms with Crippen molar-refractivity contribution in [3.63, 3.8) is 0 Å². The van der Waals surface area contributed by atoms with Crippen molar-refractivity contribution in [1.29, 1.82) is 0 Å². The van der Waals surface area contributed by atoms with Crippen LogP contribution >= 0.6 is 0 Å². The van der Waals surface area contributed by atoms with Gasteiger partial charge in [-0.15, -0.1) is 0 Å². The van der Waals surface area contributed by atoms with E-state index in [2.05, 4.69) is 53.7 Å². The van der Waals surface area contributed by atoms with Gasteiger partial charge in [0.1, 0.15) is 0 Å². The first kappa shape index (κ1) is 26.9. The van der Waals surface area contributed by atoms with E-state index in [1.165, 1.54) is 24.0 Å². The van der Waals surface area contributed by atoms with Crippen LogP contribution in [-0.2, 0) is 4.79 Å². The molecule has 0 N–H and O–H groups in total. The quantitative estimate of drug-likeness (QED) is 0.469. The Morgan fingerprint density at radius 2 is 1.50 bits per heavy atom. The van der Waals surface area contributed by atoms with E-state index in [-0.39, 0.29) is 11.8 Å². The molecule has 2 amide bonds. The van der Waals surface area contributed by atoms with Gasteiger partial charge in [-0.05, 0) is 92.7 Å². The highest BCUT2D eigenvalue weighted by atomic mass is 16.2. The van der Waals surface area contributed by atoms with Gasteiger partial charge in [0.15, 0.2) is 0 Å². The second-order valence-corrected chi connectivity index (χ2v) is 12.5. The van der Waals surface area contributed by atoms with E-state index < -0.39 is 0 Å². The van der Waals surface area contributed by atoms with Crippen LogP contribution in [0.3, 0.4) is 0 Å². The lowest BCUT2D eigenvalue weighted by Gasteiger charge is -2.31. The summed E-state index contributed by atoms with van der Waals surface area (Å²) < 4.78 is 0. The van der Waals surface area contributed by atoms with Crippen LogP contribution < -0.4 is 4.90 Å². The molecule has 2 saturated heterocycles. The fraction of sp³-hybridized carbons (Fsp3) is 0.576. The Morgan fingerprint density at radius 1 is 0.868 bits per heavy atom. The molecule has 5 heteroatoms. The number of amides is 2. The van der Waals surface area contributed by atoms with Crippen LogP contribution in [0.4, 0.5) is 5.69 Å². The number of benzene rings is 2. The monoisotopic (exact) mass is 515 g/mol. The molecule has 3 aliphatic rings. The van der Waals surface area contributed by atoms with Gasteiger partial charge in [0, 0.05) is 56.4 Å². The second-order valence-electron chi connectivity index (χ2n) is 12.5. The van der Waals surface area contributed by atoms with Crippen molar-refractivity contribution < 1.29 is 9.59 Å². The maximum Gasteiger partial charge on any atom is 0.254 e. The molecule has 2 aromatic rings. The van der Waals surface area contributed by atoms with Gasteiger partial charge in [-0.2, -0.15) is 0 Å². The maximum absolute atomic E-state index is 13.6. The van der Waals surface area contributed by atoms with E-state index >= 15 is 0 Å². The summed E-state index contributed by atoms with van der Waals surface area (Å²) in [5.74, 6) is 2.17. The lowest BCUT2D eigenvalue weighted by Crippen LogP contribution is -2.41. The van der Waals surface area contributed by atoms with Gasteiger partial charge in [-0.1, -0.05) is 44.0 Å². The Bertz CT molecular complexity index is 1150. The lowest BCUT2D eigenvalue weighted by atomic mass is 10.0. The van der Waals surface area contributed by atoms with Crippen LogP contribution in [0.5, 0.6) is 0 Å². The number of anilines is 1. The van der Waals surface area contributed by atoms with Gasteiger partial charge in [0.2, 0.25) is 5.91 Å². The summed E-state index contributed by atoms with van der Waals surface area (Å²) in [5.41, 5.74) is 6.59. The number of aryl methyl sites for hydroxylation is 4. The number of nitrogens with zero attached hydrogens (tertiary/aromatic N) is 3. The van der Waals surface area contributed by atoms with Gasteiger partial charge in [0.05, 0.1) is 0 Å². The normalized spacial score (nSPS) is 22.6. The van der Waals surface area contributed by atoms with Crippen LogP contribution in [0.25, 0.3) is 0 Å². The van der Waals surface area contributed by atoms with Gasteiger partial charge in [-0.3, -0.25) is 9.59 Å². The summed E-state index contributed by atoms with van der Waals surface area (Å²) >= 11 is 0. The summed E-state index contributed by atoms with van der Waals surface area (Å²) in [4.78, 5) is 33.7. The average Bonchev–Trinajstić information content (AvgIpc) is 3.61. The zero-order chi connectivity index (χ0) is 27.0. The van der Waals surface area contributed by atoms with Gasteiger partial charge in [0.25, 0.3) is 5.91 Å². The molecule has 3 fully saturated rings. The maximum atomic E-state index is 13.6. The predicted molar refractivity (Wildman–Crippen MR) is 155 cm³/mol. The first-order chi connectivity index (χ1) is 18.2. The zero-order valence-corrected chi connectivity index (χ0v) is 24.0. The summed E-state index contributed by atoms with van der Waals surface area (Å²) in [7, 11) is 0. The second kappa shape index (κ2) is 11.2. The van der Waals surface area contributed by atoms with E-state index in [0.717, 1.165) is 74.5 Å². The molecule has 3 atom stereocenters. The van der Waals surface area contributed by atoms with E-state index in [4.69, 9.17) is 0 Å². The molecule has 1 aliphatic carbocycles. The molecule has 5 rings (SSSR count). The molecule has 2 heterocycles. The largest absolute Gasteiger partial charge is 0.338 e. The highest BCUT2D eigenvalue weighted by Gasteiger charge is 2.42. The van der Waals surface area contributed by atoms with Crippen LogP contribution in [0.15, 0.2) is 36.4 Å². The van der Waals surface area contributed by atoms with Crippen molar-refractivity contribution in [1.82, 2.24) is 9.80 Å². The molecule has 3 unspecified atom stereocenters. The molecule has 0 bridgehead atoms. The number of rotatable bonds is 7. The van der Waals surface area contributed by atoms with Gasteiger partial charge < -0.3 is 14.7 Å². The molecule has 2 aromatic carbocycles. The Morgan fingerprint density at radius 3 is 2.11 bits per heavy atom. The molecule has 5 nitrogen and oxygen atoms in total. The number of carbonyl (C=O) groups is 2. The first-order valence-corrected chi connectivity index (χ1v) is 14.7. The Balaban J connectivity index is 1.20. The van der Waals surface area contributed by atoms with E-state index in [1.54, 1.807) is 0 Å². The third-order valence-electron chi connectivity index (χ3n) is 9.38. The highest BCUT2D eigenvalue weighted by molar-refractivity contribution is 5.97. The summed E-state index contributed by atoms with van der Waals surface area (Å²) in [6, 6.07) is 12.6. The smallest absolute Gasteiger partial charge is 0.254 e. The zero-order valence-electron chi connectivity index (χ0n) is 24.0. The molecule has 1 saturated carbocycles. The summed E-state index contributed by atoms with van der Waals surface area (Å²) in [5, 5.41) is 0. The minimum Gasteiger partial charge on any atom is -0.338 e. The SMILES string of the molecule is Cc1ccc(N(CC(C)CN2CC3CN(C(=O)c4c(C)cccc4C)CC3C2)C(=O)C2CCCC2)cc1C. The van der Waals surface area contributed by atoms with Crippen LogP contribution in [0.1, 0.15) is 65.2 Å². The van der Waals surface area contributed by atoms with E-state index in [0.29, 0.717) is 23.7 Å². The number of likely N-dealkylation sites (tertiary alicyclic amines) is 2. The van der Waals surface area contributed by atoms with Crippen molar-refractivity contribution in [2.24, 2.45) is 23.7 Å². The molecular formula is C33H45N3O2. The standard InChI is InChI=1S/C33H45N3O2/c1-22(17-36(32(37)27-11-6-7-12-27)30-14-13-23(2)26(5)15-30)16-34-18-28-20-35(21-29(28)19-34)33(38)31-24(3)9-8-10-25(31)4/h8-10,13-15,22,27-29H,6-7,11-12,16-21H2,1-5H3. The Labute approximate surface area is 229 Å². The van der Waals surface area contributed by atoms with Gasteiger partial charge in [-0.25, -0.2) is 0 Å². The number of carbonyl (C=O) groups excluding carboxylic acids is 2. The number of hydrogen-bond donors (Lipinski definition) is 0. The van der Waals surface area contributed by atoms with Crippen molar-refractivity contribution in [3.8, 4) is 0 Å². The van der Waals surface area contributed by atoms with E-state index in [1.807, 2.05) is 32.0 Å². The number of hydrogen-bond acceptors (Lipinski definition) is 3. The van der Waals surface area contributed by atoms with E-state index in [9.17, 15) is 9.59 Å². The third kappa shape index (κ3) is 5.54.